The van der Waals surface area contributed by atoms with E-state index in [4.69, 9.17) is 5.11 Å². The van der Waals surface area contributed by atoms with Crippen LogP contribution in [0.4, 0.5) is 0 Å². The smallest absolute Gasteiger partial charge is 0.110 e. The molecule has 0 unspecified atom stereocenters. The second kappa shape index (κ2) is 11.1. The molecule has 0 bridgehead atoms. The van der Waals surface area contributed by atoms with Crippen molar-refractivity contribution in [2.75, 3.05) is 0 Å². The van der Waals surface area contributed by atoms with Crippen LogP contribution in [0.1, 0.15) is 34.1 Å². The minimum Gasteiger partial charge on any atom is -0.508 e. The van der Waals surface area contributed by atoms with Crippen LogP contribution in [0.15, 0.2) is 24.0 Å². The maximum Gasteiger partial charge on any atom is 0.110 e. The zero-order chi connectivity index (χ0) is 8.41. The van der Waals surface area contributed by atoms with Crippen LogP contribution in [0.2, 0.25) is 0 Å². The molecule has 0 fully saturated rings. The molecule has 0 aliphatic heterocycles. The van der Waals surface area contributed by atoms with Gasteiger partial charge in [0.05, 0.1) is 0 Å². The molecule has 0 amide bonds. The average Bonchev–Trinajstić information content (AvgIpc) is 2.04. The Morgan fingerprint density at radius 3 is 2.20 bits per heavy atom. The quantitative estimate of drug-likeness (QED) is 0.462. The van der Waals surface area contributed by atoms with Crippen molar-refractivity contribution in [3.8, 4) is 0 Å². The monoisotopic (exact) mass is 142 g/mol. The van der Waals surface area contributed by atoms with Gasteiger partial charge in [0.2, 0.25) is 0 Å². The van der Waals surface area contributed by atoms with Crippen LogP contribution in [0.3, 0.4) is 0 Å². The van der Waals surface area contributed by atoms with E-state index in [9.17, 15) is 0 Å². The lowest BCUT2D eigenvalue weighted by atomic mass is 10.3. The van der Waals surface area contributed by atoms with Gasteiger partial charge in [-0.05, 0) is 25.5 Å². The van der Waals surface area contributed by atoms with Gasteiger partial charge in [-0.1, -0.05) is 26.8 Å². The zero-order valence-electron chi connectivity index (χ0n) is 7.39. The zero-order valence-corrected chi connectivity index (χ0v) is 7.39. The van der Waals surface area contributed by atoms with Gasteiger partial charge < -0.3 is 5.11 Å². The van der Waals surface area contributed by atoms with Gasteiger partial charge in [0.15, 0.2) is 0 Å². The van der Waals surface area contributed by atoms with Crippen molar-refractivity contribution in [1.82, 2.24) is 0 Å². The summed E-state index contributed by atoms with van der Waals surface area (Å²) in [7, 11) is 0. The number of rotatable bonds is 2. The van der Waals surface area contributed by atoms with Gasteiger partial charge in [-0.25, -0.2) is 0 Å². The lowest BCUT2D eigenvalue weighted by molar-refractivity contribution is 0.431. The molecular weight excluding hydrogens is 124 g/mol. The second-order valence-electron chi connectivity index (χ2n) is 1.52. The molecule has 0 radical (unpaired) electrons. The van der Waals surface area contributed by atoms with E-state index in [0.29, 0.717) is 5.76 Å². The fraction of sp³-hybridized carbons (Fsp3) is 0.556. The Morgan fingerprint density at radius 1 is 1.40 bits per heavy atom. The molecule has 0 aromatic carbocycles. The Labute approximate surface area is 64.1 Å². The summed E-state index contributed by atoms with van der Waals surface area (Å²) in [6.07, 6.45) is 6.24. The molecular formula is C9H18O. The predicted octanol–water partition coefficient (Wildman–Crippen LogP) is 3.44. The molecule has 0 aliphatic rings. The first-order chi connectivity index (χ1) is 4.81. The van der Waals surface area contributed by atoms with E-state index in [1.165, 1.54) is 0 Å². The van der Waals surface area contributed by atoms with Gasteiger partial charge in [0, 0.05) is 0 Å². The number of hydrogen-bond donors (Lipinski definition) is 1. The summed E-state index contributed by atoms with van der Waals surface area (Å²) in [5.74, 6) is 0.340. The van der Waals surface area contributed by atoms with Gasteiger partial charge in [-0.15, -0.1) is 0 Å². The van der Waals surface area contributed by atoms with Gasteiger partial charge in [-0.3, -0.25) is 0 Å². The lowest BCUT2D eigenvalue weighted by Crippen LogP contribution is -1.68. The van der Waals surface area contributed by atoms with Crippen molar-refractivity contribution in [2.45, 2.75) is 34.1 Å². The highest BCUT2D eigenvalue weighted by molar-refractivity contribution is 5.08. The fourth-order valence-corrected chi connectivity index (χ4v) is 0.335. The summed E-state index contributed by atoms with van der Waals surface area (Å²) >= 11 is 0. The minimum atomic E-state index is 0.340. The van der Waals surface area contributed by atoms with E-state index in [-0.39, 0.29) is 0 Å². The predicted molar refractivity (Wildman–Crippen MR) is 47.2 cm³/mol. The third-order valence-electron chi connectivity index (χ3n) is 0.820. The van der Waals surface area contributed by atoms with Crippen LogP contribution < -0.4 is 0 Å². The molecule has 1 nitrogen and oxygen atoms in total. The van der Waals surface area contributed by atoms with Gasteiger partial charge in [-0.2, -0.15) is 0 Å². The first-order valence-corrected chi connectivity index (χ1v) is 3.83. The Morgan fingerprint density at radius 2 is 1.90 bits per heavy atom. The summed E-state index contributed by atoms with van der Waals surface area (Å²) in [5, 5.41) is 8.76. The molecule has 1 N–H and O–H groups in total. The fourth-order valence-electron chi connectivity index (χ4n) is 0.335. The summed E-state index contributed by atoms with van der Waals surface area (Å²) in [6.45, 7) is 7.83. The van der Waals surface area contributed by atoms with Crippen LogP contribution in [0.25, 0.3) is 0 Å². The van der Waals surface area contributed by atoms with E-state index in [0.717, 1.165) is 6.42 Å². The second-order valence-corrected chi connectivity index (χ2v) is 1.52. The van der Waals surface area contributed by atoms with E-state index in [1.807, 2.05) is 26.8 Å². The molecule has 0 atom stereocenters. The van der Waals surface area contributed by atoms with Gasteiger partial charge in [0.25, 0.3) is 0 Å². The number of hydrogen-bond acceptors (Lipinski definition) is 1. The minimum absolute atomic E-state index is 0.340. The van der Waals surface area contributed by atoms with Gasteiger partial charge in [0.1, 0.15) is 5.76 Å². The standard InChI is InChI=1S/C7H12O.C2H6/c1-3-5-6-7(8)4-2;1-2/h4-6,8H,3H2,1-2H3;1-2H3/b6-5-,7-4+;. The molecule has 1 heteroatoms. The first-order valence-electron chi connectivity index (χ1n) is 3.83. The van der Waals surface area contributed by atoms with Crippen LogP contribution in [-0.2, 0) is 0 Å². The third-order valence-corrected chi connectivity index (χ3v) is 0.820. The van der Waals surface area contributed by atoms with Crippen molar-refractivity contribution in [1.29, 1.82) is 0 Å². The Kier molecular flexibility index (Phi) is 13.4. The van der Waals surface area contributed by atoms with Crippen LogP contribution in [0.5, 0.6) is 0 Å². The lowest BCUT2D eigenvalue weighted by Gasteiger charge is -1.83. The van der Waals surface area contributed by atoms with E-state index in [2.05, 4.69) is 0 Å². The molecule has 0 aromatic rings. The van der Waals surface area contributed by atoms with Crippen molar-refractivity contribution in [2.24, 2.45) is 0 Å². The van der Waals surface area contributed by atoms with E-state index in [1.54, 1.807) is 19.1 Å². The van der Waals surface area contributed by atoms with Crippen LogP contribution in [-0.4, -0.2) is 5.11 Å². The van der Waals surface area contributed by atoms with Crippen LogP contribution >= 0.6 is 0 Å². The molecule has 0 aromatic heterocycles. The highest BCUT2D eigenvalue weighted by atomic mass is 16.3. The largest absolute Gasteiger partial charge is 0.508 e. The highest BCUT2D eigenvalue weighted by Crippen LogP contribution is 1.90. The number of aliphatic hydroxyl groups is 1. The van der Waals surface area contributed by atoms with E-state index < -0.39 is 0 Å². The van der Waals surface area contributed by atoms with Crippen molar-refractivity contribution >= 4 is 0 Å². The maximum absolute atomic E-state index is 8.76. The molecule has 0 saturated heterocycles. The number of allylic oxidation sites excluding steroid dienone is 3. The first kappa shape index (κ1) is 12.0. The maximum atomic E-state index is 8.76. The van der Waals surface area contributed by atoms with Crippen molar-refractivity contribution in [3.63, 3.8) is 0 Å². The molecule has 0 rings (SSSR count). The Bertz CT molecular complexity index is 101. The van der Waals surface area contributed by atoms with Crippen LogP contribution in [0, 0.1) is 0 Å². The number of aliphatic hydroxyl groups excluding tert-OH is 1. The molecule has 60 valence electrons. The average molecular weight is 142 g/mol. The Hall–Kier alpha value is -0.720. The summed E-state index contributed by atoms with van der Waals surface area (Å²) in [5.41, 5.74) is 0. The highest BCUT2D eigenvalue weighted by Gasteiger charge is 1.75. The summed E-state index contributed by atoms with van der Waals surface area (Å²) < 4.78 is 0. The van der Waals surface area contributed by atoms with Crippen molar-refractivity contribution in [3.05, 3.63) is 24.0 Å². The van der Waals surface area contributed by atoms with Crippen molar-refractivity contribution < 1.29 is 5.11 Å². The third kappa shape index (κ3) is 10.3. The van der Waals surface area contributed by atoms with E-state index >= 15 is 0 Å². The topological polar surface area (TPSA) is 20.2 Å². The molecule has 0 heterocycles. The molecule has 0 spiro atoms. The summed E-state index contributed by atoms with van der Waals surface area (Å²) in [6, 6.07) is 0. The normalized spacial score (nSPS) is 11.0. The molecule has 0 aliphatic carbocycles. The van der Waals surface area contributed by atoms with Gasteiger partial charge >= 0.3 is 0 Å². The SMILES string of the molecule is C/C=C(O)\C=C/CC.CC. The molecule has 10 heavy (non-hydrogen) atoms. The molecule has 0 saturated carbocycles. The summed E-state index contributed by atoms with van der Waals surface area (Å²) in [4.78, 5) is 0. The Balaban J connectivity index is 0.